The van der Waals surface area contributed by atoms with Gasteiger partial charge in [-0.1, -0.05) is 0 Å². The van der Waals surface area contributed by atoms with Crippen molar-refractivity contribution < 1.29 is 7.48 Å². The normalized spacial score (nSPS) is 5.00. The van der Waals surface area contributed by atoms with E-state index in [2.05, 4.69) is 0 Å². The Morgan fingerprint density at radius 2 is 2.00 bits per heavy atom. The predicted molar refractivity (Wildman–Crippen MR) is 14.6 cm³/mol. The van der Waals surface area contributed by atoms with Crippen molar-refractivity contribution >= 4 is 28.1 Å². The number of carbonyl (C=O) groups excluding carboxylic acids is 1. The Kier molecular flexibility index (Phi) is 3.72. The summed E-state index contributed by atoms with van der Waals surface area (Å²) in [6.07, 6.45) is 0. The molecule has 0 aliphatic heterocycles. The third-order valence-electron chi connectivity index (χ3n) is 0.0556. The van der Waals surface area contributed by atoms with Crippen LogP contribution in [0.25, 0.3) is 0 Å². The third kappa shape index (κ3) is 2.39. The molecular weight excluding hydrogens is 251 g/mol. The van der Waals surface area contributed by atoms with Crippen LogP contribution in [0.4, 0.5) is 0 Å². The fourth-order valence-electron chi connectivity index (χ4n) is 0. The van der Waals surface area contributed by atoms with Gasteiger partial charge in [0.25, 0.3) is 0 Å². The van der Waals surface area contributed by atoms with E-state index in [4.69, 9.17) is 7.48 Å². The van der Waals surface area contributed by atoms with Crippen LogP contribution < -0.4 is 0 Å². The minimum absolute atomic E-state index is 0.528. The van der Waals surface area contributed by atoms with Crippen molar-refractivity contribution in [3.05, 3.63) is 0 Å². The van der Waals surface area contributed by atoms with Crippen LogP contribution in [0.5, 0.6) is 0 Å². The first-order chi connectivity index (χ1) is 1.91. The molecule has 0 N–H and O–H groups in total. The fraction of sp³-hybridized carbons (Fsp3) is 0. The van der Waals surface area contributed by atoms with E-state index in [1.165, 1.54) is 0 Å². The molecule has 0 rings (SSSR count). The molecule has 0 fully saturated rings. The van der Waals surface area contributed by atoms with Crippen molar-refractivity contribution in [3.63, 3.8) is 0 Å². The van der Waals surface area contributed by atoms with Crippen LogP contribution in [0.3, 0.4) is 0 Å². The van der Waals surface area contributed by atoms with Gasteiger partial charge in [0.05, 0.1) is 0 Å². The first-order valence-electron chi connectivity index (χ1n) is 0.805. The van der Waals surface area contributed by atoms with Crippen molar-refractivity contribution in [2.75, 3.05) is 0 Å². The van der Waals surface area contributed by atoms with Crippen molar-refractivity contribution in [1.82, 2.24) is 0 Å². The second-order valence-electron chi connectivity index (χ2n) is 0.272. The van der Waals surface area contributed by atoms with Crippen LogP contribution in [0.1, 0.15) is 0 Å². The van der Waals surface area contributed by atoms with Crippen LogP contribution >= 0.6 is 0 Å². The van der Waals surface area contributed by atoms with Gasteiger partial charge in [0, 0.05) is 0 Å². The van der Waals surface area contributed by atoms with Gasteiger partial charge in [-0.2, -0.15) is 0 Å². The van der Waals surface area contributed by atoms with Crippen LogP contribution in [-0.2, 0) is 7.48 Å². The molecule has 0 saturated heterocycles. The summed E-state index contributed by atoms with van der Waals surface area (Å²) in [5.41, 5.74) is 0. The van der Waals surface area contributed by atoms with Gasteiger partial charge in [0.2, 0.25) is 0 Å². The molecule has 0 unspecified atom stereocenters. The summed E-state index contributed by atoms with van der Waals surface area (Å²) >= 11 is -1.95. The van der Waals surface area contributed by atoms with Crippen LogP contribution in [0, 0.1) is 0 Å². The van der Waals surface area contributed by atoms with Crippen molar-refractivity contribution in [2.24, 2.45) is 0 Å². The summed E-state index contributed by atoms with van der Waals surface area (Å²) < 4.78 is 9.67. The molecule has 0 aromatic rings. The van der Waals surface area contributed by atoms with Gasteiger partial charge in [0.15, 0.2) is 0 Å². The van der Waals surface area contributed by atoms with E-state index in [1.807, 2.05) is 0 Å². The summed E-state index contributed by atoms with van der Waals surface area (Å²) in [6, 6.07) is 0. The zero-order chi connectivity index (χ0) is 3.41. The Balaban J connectivity index is 2.73. The van der Waals surface area contributed by atoms with E-state index in [-0.39, 0.29) is 0 Å². The summed E-state index contributed by atoms with van der Waals surface area (Å²) in [5.74, 6) is 0. The number of hydrogen-bond acceptors (Lipinski definition) is 2. The molecule has 0 aromatic carbocycles. The van der Waals surface area contributed by atoms with E-state index in [1.54, 1.807) is 0 Å². The van der Waals surface area contributed by atoms with Crippen LogP contribution in [0.2, 0.25) is 0 Å². The molecule has 22 valence electrons. The summed E-state index contributed by atoms with van der Waals surface area (Å²) in [5, 5.41) is 0. The molecule has 0 atom stereocenters. The summed E-state index contributed by atoms with van der Waals surface area (Å²) in [4.78, 5) is 8.95. The molecule has 0 aromatic heterocycles. The van der Waals surface area contributed by atoms with Crippen molar-refractivity contribution in [2.45, 2.75) is 0 Å². The number of hydrogen-bond donors (Lipinski definition) is 0. The Morgan fingerprint density at radius 1 is 1.75 bits per heavy atom. The minimum atomic E-state index is -1.95. The van der Waals surface area contributed by atoms with Gasteiger partial charge in [-0.05, 0) is 0 Å². The predicted octanol–water partition coefficient (Wildman–Crippen LogP) is -1.04. The molecule has 0 spiro atoms. The quantitative estimate of drug-likeness (QED) is 0.442. The average molecular weight is 253 g/mol. The van der Waals surface area contributed by atoms with E-state index < -0.39 is 24.2 Å². The molecule has 3 heteroatoms. The molecule has 0 radical (unpaired) electrons. The molecule has 0 aliphatic carbocycles. The third-order valence-corrected chi connectivity index (χ3v) is 0.487. The first-order valence-corrected chi connectivity index (χ1v) is 5.23. The Labute approximate surface area is 35.9 Å². The first kappa shape index (κ1) is 4.39. The second-order valence-corrected chi connectivity index (χ2v) is 2.39. The van der Waals surface area contributed by atoms with Gasteiger partial charge in [-0.3, -0.25) is 0 Å². The molecule has 0 saturated carbocycles. The Hall–Kier alpha value is 0.392. The Bertz CT molecular complexity index is 27.0. The molecular formula is CH2O2Pb. The molecule has 4 heavy (non-hydrogen) atoms. The zero-order valence-electron chi connectivity index (χ0n) is 1.97. The van der Waals surface area contributed by atoms with Gasteiger partial charge in [0.1, 0.15) is 0 Å². The van der Waals surface area contributed by atoms with Crippen molar-refractivity contribution in [3.8, 4) is 0 Å². The maximum absolute atomic E-state index is 9.14. The fourth-order valence-corrected chi connectivity index (χ4v) is 0. The van der Waals surface area contributed by atoms with Gasteiger partial charge in [-0.15, -0.1) is 0 Å². The maximum atomic E-state index is 9.14. The SMILES string of the molecule is O=[CH][PbH]=[O]. The van der Waals surface area contributed by atoms with Gasteiger partial charge in [-0.25, -0.2) is 0 Å². The van der Waals surface area contributed by atoms with Gasteiger partial charge < -0.3 is 0 Å². The average Bonchev–Trinajstić information content (AvgIpc) is 1.37. The molecule has 0 aliphatic rings. The molecule has 0 bridgehead atoms. The van der Waals surface area contributed by atoms with Crippen LogP contribution in [0.15, 0.2) is 0 Å². The summed E-state index contributed by atoms with van der Waals surface area (Å²) in [6.45, 7) is 0. The second kappa shape index (κ2) is 3.39. The van der Waals surface area contributed by atoms with E-state index >= 15 is 0 Å². The number of carbonyl (C=O) groups is 1. The van der Waals surface area contributed by atoms with E-state index in [0.717, 1.165) is 0 Å². The van der Waals surface area contributed by atoms with E-state index in [0.29, 0.717) is 3.85 Å². The zero-order valence-corrected chi connectivity index (χ0v) is 6.46. The van der Waals surface area contributed by atoms with E-state index in [9.17, 15) is 0 Å². The van der Waals surface area contributed by atoms with Crippen LogP contribution in [-0.4, -0.2) is 28.1 Å². The van der Waals surface area contributed by atoms with Gasteiger partial charge >= 0.3 is 35.6 Å². The molecule has 2 nitrogen and oxygen atoms in total. The Morgan fingerprint density at radius 3 is 2.00 bits per heavy atom. The molecule has 0 amide bonds. The standard InChI is InChI=1S/CHO.O.Pb.H/c1-2;;;/h1H;;;. The summed E-state index contributed by atoms with van der Waals surface area (Å²) in [7, 11) is 0. The number of rotatable bonds is 1. The topological polar surface area (TPSA) is 34.1 Å². The molecule has 0 heterocycles. The monoisotopic (exact) mass is 254 g/mol. The van der Waals surface area contributed by atoms with Crippen molar-refractivity contribution in [1.29, 1.82) is 0 Å².